The highest BCUT2D eigenvalue weighted by Crippen LogP contribution is 2.25. The smallest absolute Gasteiger partial charge is 0.191 e. The Morgan fingerprint density at radius 3 is 2.64 bits per heavy atom. The number of likely N-dealkylation sites (N-methyl/N-ethyl adjacent to an activating group) is 1. The molecule has 1 aliphatic carbocycles. The van der Waals surface area contributed by atoms with E-state index >= 15 is 0 Å². The summed E-state index contributed by atoms with van der Waals surface area (Å²) in [6.07, 6.45) is 2.78. The molecule has 0 amide bonds. The number of nitrogens with one attached hydrogen (secondary N) is 2. The molecule has 2 rings (SSSR count). The van der Waals surface area contributed by atoms with Crippen LogP contribution in [0.4, 0.5) is 0 Å². The van der Waals surface area contributed by atoms with Gasteiger partial charge >= 0.3 is 0 Å². The molecule has 1 atom stereocenters. The maximum atomic E-state index is 5.99. The van der Waals surface area contributed by atoms with E-state index in [0.29, 0.717) is 6.54 Å². The number of hydrogen-bond acceptors (Lipinski definition) is 3. The lowest BCUT2D eigenvalue weighted by Crippen LogP contribution is -2.44. The number of aryl methyl sites for hydroxylation is 1. The van der Waals surface area contributed by atoms with Crippen LogP contribution in [-0.2, 0) is 0 Å². The molecule has 0 heterocycles. The number of guanidine groups is 1. The normalized spacial score (nSPS) is 15.5. The third kappa shape index (κ3) is 7.81. The van der Waals surface area contributed by atoms with Gasteiger partial charge in [-0.3, -0.25) is 9.89 Å². The third-order valence-corrected chi connectivity index (χ3v) is 4.36. The van der Waals surface area contributed by atoms with Crippen molar-refractivity contribution in [2.75, 3.05) is 33.2 Å². The average molecular weight is 460 g/mol. The lowest BCUT2D eigenvalue weighted by atomic mass is 10.2. The van der Waals surface area contributed by atoms with Crippen molar-refractivity contribution in [1.29, 1.82) is 0 Å². The Bertz CT molecular complexity index is 534. The average Bonchev–Trinajstić information content (AvgIpc) is 3.41. The van der Waals surface area contributed by atoms with Gasteiger partial charge in [-0.1, -0.05) is 25.1 Å². The maximum Gasteiger partial charge on any atom is 0.191 e. The van der Waals surface area contributed by atoms with E-state index in [1.165, 1.54) is 12.8 Å². The molecule has 142 valence electrons. The molecule has 5 nitrogen and oxygen atoms in total. The quantitative estimate of drug-likeness (QED) is 0.338. The van der Waals surface area contributed by atoms with Gasteiger partial charge in [0.15, 0.2) is 5.96 Å². The SMILES string of the molecule is CCN(CCNC(=NC)NCC(C)Oc1ccccc1C)C1CC1.I. The van der Waals surface area contributed by atoms with E-state index < -0.39 is 0 Å². The molecule has 1 aromatic carbocycles. The zero-order chi connectivity index (χ0) is 17.4. The Labute approximate surface area is 169 Å². The van der Waals surface area contributed by atoms with Gasteiger partial charge in [0.1, 0.15) is 11.9 Å². The van der Waals surface area contributed by atoms with Crippen LogP contribution in [0.3, 0.4) is 0 Å². The first-order valence-electron chi connectivity index (χ1n) is 9.04. The molecule has 1 saturated carbocycles. The van der Waals surface area contributed by atoms with Crippen LogP contribution >= 0.6 is 24.0 Å². The summed E-state index contributed by atoms with van der Waals surface area (Å²) < 4.78 is 5.99. The van der Waals surface area contributed by atoms with Gasteiger partial charge in [-0.15, -0.1) is 24.0 Å². The van der Waals surface area contributed by atoms with Crippen molar-refractivity contribution in [3.8, 4) is 5.75 Å². The maximum absolute atomic E-state index is 5.99. The van der Waals surface area contributed by atoms with Gasteiger partial charge < -0.3 is 15.4 Å². The summed E-state index contributed by atoms with van der Waals surface area (Å²) in [6.45, 7) is 10.2. The third-order valence-electron chi connectivity index (χ3n) is 4.36. The number of rotatable bonds is 9. The number of aliphatic imine (C=N–C) groups is 1. The Morgan fingerprint density at radius 1 is 1.32 bits per heavy atom. The first-order chi connectivity index (χ1) is 11.6. The minimum absolute atomic E-state index is 0. The second-order valence-corrected chi connectivity index (χ2v) is 6.43. The van der Waals surface area contributed by atoms with E-state index in [2.05, 4.69) is 47.4 Å². The summed E-state index contributed by atoms with van der Waals surface area (Å²) in [4.78, 5) is 6.82. The Kier molecular flexibility index (Phi) is 10.2. The van der Waals surface area contributed by atoms with Crippen LogP contribution < -0.4 is 15.4 Å². The highest BCUT2D eigenvalue weighted by Gasteiger charge is 2.27. The first-order valence-corrected chi connectivity index (χ1v) is 9.04. The number of ether oxygens (including phenoxy) is 1. The van der Waals surface area contributed by atoms with E-state index in [4.69, 9.17) is 4.74 Å². The summed E-state index contributed by atoms with van der Waals surface area (Å²) in [5, 5.41) is 6.73. The van der Waals surface area contributed by atoms with Gasteiger partial charge in [0.05, 0.1) is 6.54 Å². The van der Waals surface area contributed by atoms with Gasteiger partial charge in [0, 0.05) is 26.2 Å². The van der Waals surface area contributed by atoms with Crippen molar-refractivity contribution >= 4 is 29.9 Å². The molecule has 25 heavy (non-hydrogen) atoms. The summed E-state index contributed by atoms with van der Waals surface area (Å²) in [6, 6.07) is 8.92. The van der Waals surface area contributed by atoms with Gasteiger partial charge in [-0.25, -0.2) is 0 Å². The predicted molar refractivity (Wildman–Crippen MR) is 116 cm³/mol. The van der Waals surface area contributed by atoms with Gasteiger partial charge in [0.2, 0.25) is 0 Å². The second kappa shape index (κ2) is 11.6. The van der Waals surface area contributed by atoms with Crippen LogP contribution in [-0.4, -0.2) is 56.2 Å². The van der Waals surface area contributed by atoms with E-state index in [-0.39, 0.29) is 30.1 Å². The van der Waals surface area contributed by atoms with Gasteiger partial charge in [-0.05, 0) is 44.9 Å². The molecule has 1 aliphatic rings. The van der Waals surface area contributed by atoms with Crippen molar-refractivity contribution in [3.05, 3.63) is 29.8 Å². The monoisotopic (exact) mass is 460 g/mol. The van der Waals surface area contributed by atoms with E-state index in [9.17, 15) is 0 Å². The number of para-hydroxylation sites is 1. The van der Waals surface area contributed by atoms with Gasteiger partial charge in [-0.2, -0.15) is 0 Å². The van der Waals surface area contributed by atoms with Crippen molar-refractivity contribution in [2.45, 2.75) is 45.8 Å². The molecule has 0 bridgehead atoms. The summed E-state index contributed by atoms with van der Waals surface area (Å²) in [5.41, 5.74) is 1.16. The predicted octanol–water partition coefficient (Wildman–Crippen LogP) is 3.03. The summed E-state index contributed by atoms with van der Waals surface area (Å²) in [7, 11) is 1.81. The molecule has 1 unspecified atom stereocenters. The van der Waals surface area contributed by atoms with Crippen molar-refractivity contribution < 1.29 is 4.74 Å². The lowest BCUT2D eigenvalue weighted by Gasteiger charge is -2.22. The highest BCUT2D eigenvalue weighted by atomic mass is 127. The molecular weight excluding hydrogens is 427 g/mol. The van der Waals surface area contributed by atoms with Crippen molar-refractivity contribution in [2.24, 2.45) is 4.99 Å². The Morgan fingerprint density at radius 2 is 2.04 bits per heavy atom. The van der Waals surface area contributed by atoms with Gasteiger partial charge in [0.25, 0.3) is 0 Å². The Hall–Kier alpha value is -1.02. The molecule has 1 fully saturated rings. The molecule has 6 heteroatoms. The van der Waals surface area contributed by atoms with Crippen LogP contribution in [0.15, 0.2) is 29.3 Å². The number of halogens is 1. The largest absolute Gasteiger partial charge is 0.489 e. The molecule has 2 N–H and O–H groups in total. The van der Waals surface area contributed by atoms with E-state index in [1.54, 1.807) is 7.05 Å². The number of hydrogen-bond donors (Lipinski definition) is 2. The molecule has 0 aromatic heterocycles. The lowest BCUT2D eigenvalue weighted by molar-refractivity contribution is 0.222. The van der Waals surface area contributed by atoms with Crippen LogP contribution in [0.1, 0.15) is 32.3 Å². The summed E-state index contributed by atoms with van der Waals surface area (Å²) >= 11 is 0. The minimum Gasteiger partial charge on any atom is -0.489 e. The molecule has 1 aromatic rings. The first kappa shape index (κ1) is 22.0. The fourth-order valence-corrected chi connectivity index (χ4v) is 2.76. The highest BCUT2D eigenvalue weighted by molar-refractivity contribution is 14.0. The standard InChI is InChI=1S/C19H32N4O.HI/c1-5-23(17-10-11-17)13-12-21-19(20-4)22-14-16(3)24-18-9-7-6-8-15(18)2;/h6-9,16-17H,5,10-14H2,1-4H3,(H2,20,21,22);1H. The van der Waals surface area contributed by atoms with E-state index in [0.717, 1.165) is 42.9 Å². The van der Waals surface area contributed by atoms with Crippen LogP contribution in [0, 0.1) is 6.92 Å². The fraction of sp³-hybridized carbons (Fsp3) is 0.632. The summed E-state index contributed by atoms with van der Waals surface area (Å²) in [5.74, 6) is 1.78. The topological polar surface area (TPSA) is 48.9 Å². The fourth-order valence-electron chi connectivity index (χ4n) is 2.76. The van der Waals surface area contributed by atoms with E-state index in [1.807, 2.05) is 18.2 Å². The van der Waals surface area contributed by atoms with Crippen molar-refractivity contribution in [1.82, 2.24) is 15.5 Å². The molecule has 0 radical (unpaired) electrons. The van der Waals surface area contributed by atoms with Crippen LogP contribution in [0.25, 0.3) is 0 Å². The Balaban J connectivity index is 0.00000312. The number of benzene rings is 1. The molecule has 0 spiro atoms. The minimum atomic E-state index is 0. The van der Waals surface area contributed by atoms with Crippen molar-refractivity contribution in [3.63, 3.8) is 0 Å². The molecule has 0 aliphatic heterocycles. The molecule has 0 saturated heterocycles. The van der Waals surface area contributed by atoms with Crippen LogP contribution in [0.2, 0.25) is 0 Å². The number of nitrogens with zero attached hydrogens (tertiary/aromatic N) is 2. The second-order valence-electron chi connectivity index (χ2n) is 6.43. The molecular formula is C19H33IN4O. The zero-order valence-electron chi connectivity index (χ0n) is 15.9. The zero-order valence-corrected chi connectivity index (χ0v) is 18.2. The van der Waals surface area contributed by atoms with Crippen LogP contribution in [0.5, 0.6) is 5.75 Å².